The Morgan fingerprint density at radius 1 is 0.969 bits per heavy atom. The van der Waals surface area contributed by atoms with E-state index >= 15 is 0 Å². The molecule has 1 aromatic heterocycles. The highest BCUT2D eigenvalue weighted by Gasteiger charge is 2.19. The minimum atomic E-state index is -0.553. The van der Waals surface area contributed by atoms with Gasteiger partial charge in [0.2, 0.25) is 5.91 Å². The molecule has 8 heteroatoms. The Labute approximate surface area is 183 Å². The zero-order valence-electron chi connectivity index (χ0n) is 17.0. The molecule has 0 saturated carbocycles. The topological polar surface area (TPSA) is 88.9 Å². The standard InChI is InChI=1S/C24H20FN5O2/c25-20-13-19(11-12-22(20)30-16-26-15-27-30)28-23(31)14-21(17-7-3-1-4-8-17)29-24(32)18-9-5-2-6-10-18/h1-13,15-16,21H,14H2,(H,28,31)(H,29,32). The first-order valence-electron chi connectivity index (χ1n) is 9.95. The number of rotatable bonds is 7. The van der Waals surface area contributed by atoms with Crippen molar-refractivity contribution in [1.82, 2.24) is 20.1 Å². The van der Waals surface area contributed by atoms with E-state index in [9.17, 15) is 14.0 Å². The summed E-state index contributed by atoms with van der Waals surface area (Å²) in [6, 6.07) is 21.8. The van der Waals surface area contributed by atoms with Crippen molar-refractivity contribution in [3.63, 3.8) is 0 Å². The lowest BCUT2D eigenvalue weighted by molar-refractivity contribution is -0.116. The van der Waals surface area contributed by atoms with Gasteiger partial charge in [-0.25, -0.2) is 14.1 Å². The summed E-state index contributed by atoms with van der Waals surface area (Å²) < 4.78 is 15.8. The number of aromatic nitrogens is 3. The Morgan fingerprint density at radius 2 is 1.69 bits per heavy atom. The van der Waals surface area contributed by atoms with Gasteiger partial charge in [0.1, 0.15) is 18.3 Å². The van der Waals surface area contributed by atoms with Crippen molar-refractivity contribution >= 4 is 17.5 Å². The molecule has 2 amide bonds. The minimum Gasteiger partial charge on any atom is -0.345 e. The van der Waals surface area contributed by atoms with E-state index in [0.29, 0.717) is 11.3 Å². The number of halogens is 1. The molecule has 1 heterocycles. The Kier molecular flexibility index (Phi) is 6.31. The van der Waals surface area contributed by atoms with Crippen molar-refractivity contribution < 1.29 is 14.0 Å². The molecule has 0 aliphatic heterocycles. The molecule has 4 aromatic rings. The third kappa shape index (κ3) is 5.04. The average Bonchev–Trinajstić information content (AvgIpc) is 3.34. The van der Waals surface area contributed by atoms with Crippen LogP contribution in [0, 0.1) is 5.82 Å². The third-order valence-electron chi connectivity index (χ3n) is 4.83. The number of benzene rings is 3. The SMILES string of the molecule is O=C(CC(NC(=O)c1ccccc1)c1ccccc1)Nc1ccc(-n2cncn2)c(F)c1. The van der Waals surface area contributed by atoms with Crippen LogP contribution in [-0.2, 0) is 4.79 Å². The molecule has 0 spiro atoms. The van der Waals surface area contributed by atoms with Gasteiger partial charge in [0.25, 0.3) is 5.91 Å². The van der Waals surface area contributed by atoms with Gasteiger partial charge in [-0.2, -0.15) is 5.10 Å². The summed E-state index contributed by atoms with van der Waals surface area (Å²) >= 11 is 0. The van der Waals surface area contributed by atoms with Crippen molar-refractivity contribution in [2.24, 2.45) is 0 Å². The molecule has 0 aliphatic rings. The fourth-order valence-electron chi connectivity index (χ4n) is 3.27. The minimum absolute atomic E-state index is 0.0188. The van der Waals surface area contributed by atoms with E-state index in [4.69, 9.17) is 0 Å². The molecular formula is C24H20FN5O2. The molecule has 0 fully saturated rings. The molecule has 0 aliphatic carbocycles. The van der Waals surface area contributed by atoms with Crippen LogP contribution >= 0.6 is 0 Å². The Morgan fingerprint density at radius 3 is 2.34 bits per heavy atom. The number of nitrogens with one attached hydrogen (secondary N) is 2. The predicted octanol–water partition coefficient (Wildman–Crippen LogP) is 3.91. The molecule has 0 bridgehead atoms. The van der Waals surface area contributed by atoms with Crippen molar-refractivity contribution in [3.05, 3.63) is 108 Å². The highest BCUT2D eigenvalue weighted by molar-refractivity contribution is 5.95. The normalized spacial score (nSPS) is 11.5. The number of hydrogen-bond donors (Lipinski definition) is 2. The highest BCUT2D eigenvalue weighted by Crippen LogP contribution is 2.21. The maximum Gasteiger partial charge on any atom is 0.251 e. The summed E-state index contributed by atoms with van der Waals surface area (Å²) in [4.78, 5) is 29.2. The maximum atomic E-state index is 14.5. The largest absolute Gasteiger partial charge is 0.345 e. The Bertz CT molecular complexity index is 1200. The van der Waals surface area contributed by atoms with E-state index in [1.807, 2.05) is 36.4 Å². The quantitative estimate of drug-likeness (QED) is 0.466. The Hall–Kier alpha value is -4.33. The van der Waals surface area contributed by atoms with Crippen LogP contribution in [0.15, 0.2) is 91.5 Å². The van der Waals surface area contributed by atoms with Crippen LogP contribution < -0.4 is 10.6 Å². The highest BCUT2D eigenvalue weighted by atomic mass is 19.1. The summed E-state index contributed by atoms with van der Waals surface area (Å²) in [7, 11) is 0. The second-order valence-corrected chi connectivity index (χ2v) is 7.06. The number of anilines is 1. The van der Waals surface area contributed by atoms with Crippen LogP contribution in [0.4, 0.5) is 10.1 Å². The summed E-state index contributed by atoms with van der Waals surface area (Å²) in [5, 5.41) is 9.51. The second-order valence-electron chi connectivity index (χ2n) is 7.06. The van der Waals surface area contributed by atoms with Crippen LogP contribution in [0.5, 0.6) is 0 Å². The molecule has 1 atom stereocenters. The van der Waals surface area contributed by atoms with E-state index in [1.165, 1.54) is 29.5 Å². The smallest absolute Gasteiger partial charge is 0.251 e. The van der Waals surface area contributed by atoms with Crippen LogP contribution in [0.2, 0.25) is 0 Å². The number of carbonyl (C=O) groups is 2. The average molecular weight is 429 g/mol. The van der Waals surface area contributed by atoms with Crippen LogP contribution in [0.1, 0.15) is 28.4 Å². The predicted molar refractivity (Wildman–Crippen MR) is 118 cm³/mol. The van der Waals surface area contributed by atoms with Gasteiger partial charge in [-0.3, -0.25) is 9.59 Å². The monoisotopic (exact) mass is 429 g/mol. The molecule has 7 nitrogen and oxygen atoms in total. The van der Waals surface area contributed by atoms with Crippen molar-refractivity contribution in [3.8, 4) is 5.69 Å². The van der Waals surface area contributed by atoms with Crippen molar-refractivity contribution in [1.29, 1.82) is 0 Å². The summed E-state index contributed by atoms with van der Waals surface area (Å²) in [5.41, 5.74) is 1.81. The summed E-state index contributed by atoms with van der Waals surface area (Å²) in [5.74, 6) is -1.19. The van der Waals surface area contributed by atoms with Crippen molar-refractivity contribution in [2.45, 2.75) is 12.5 Å². The van der Waals surface area contributed by atoms with Gasteiger partial charge >= 0.3 is 0 Å². The number of carbonyl (C=O) groups excluding carboxylic acids is 2. The molecule has 4 rings (SSSR count). The molecule has 160 valence electrons. The van der Waals surface area contributed by atoms with Gasteiger partial charge in [-0.15, -0.1) is 0 Å². The van der Waals surface area contributed by atoms with E-state index in [0.717, 1.165) is 5.56 Å². The Balaban J connectivity index is 1.48. The summed E-state index contributed by atoms with van der Waals surface area (Å²) in [6.45, 7) is 0. The van der Waals surface area contributed by atoms with E-state index in [2.05, 4.69) is 20.7 Å². The second kappa shape index (κ2) is 9.65. The van der Waals surface area contributed by atoms with Gasteiger partial charge < -0.3 is 10.6 Å². The van der Waals surface area contributed by atoms with Crippen LogP contribution in [-0.4, -0.2) is 26.6 Å². The number of hydrogen-bond acceptors (Lipinski definition) is 4. The molecule has 0 saturated heterocycles. The van der Waals surface area contributed by atoms with Gasteiger partial charge in [-0.05, 0) is 35.9 Å². The molecule has 0 radical (unpaired) electrons. The van der Waals surface area contributed by atoms with E-state index < -0.39 is 11.9 Å². The van der Waals surface area contributed by atoms with E-state index in [1.54, 1.807) is 30.3 Å². The van der Waals surface area contributed by atoms with Gasteiger partial charge in [0, 0.05) is 11.3 Å². The van der Waals surface area contributed by atoms with Gasteiger partial charge in [0.05, 0.1) is 12.5 Å². The zero-order chi connectivity index (χ0) is 22.3. The van der Waals surface area contributed by atoms with Crippen molar-refractivity contribution in [2.75, 3.05) is 5.32 Å². The molecule has 32 heavy (non-hydrogen) atoms. The first-order chi connectivity index (χ1) is 15.6. The number of nitrogens with zero attached hydrogens (tertiary/aromatic N) is 3. The third-order valence-corrected chi connectivity index (χ3v) is 4.83. The lowest BCUT2D eigenvalue weighted by Gasteiger charge is -2.19. The first-order valence-corrected chi connectivity index (χ1v) is 9.95. The first kappa shape index (κ1) is 20.9. The van der Waals surface area contributed by atoms with E-state index in [-0.39, 0.29) is 23.9 Å². The maximum absolute atomic E-state index is 14.5. The zero-order valence-corrected chi connectivity index (χ0v) is 17.0. The fourth-order valence-corrected chi connectivity index (χ4v) is 3.27. The fraction of sp³-hybridized carbons (Fsp3) is 0.0833. The molecular weight excluding hydrogens is 409 g/mol. The van der Waals surface area contributed by atoms with Gasteiger partial charge in [0.15, 0.2) is 5.82 Å². The van der Waals surface area contributed by atoms with Gasteiger partial charge in [-0.1, -0.05) is 48.5 Å². The lowest BCUT2D eigenvalue weighted by Crippen LogP contribution is -2.31. The molecule has 1 unspecified atom stereocenters. The van der Waals surface area contributed by atoms with Crippen LogP contribution in [0.3, 0.4) is 0 Å². The van der Waals surface area contributed by atoms with Crippen LogP contribution in [0.25, 0.3) is 5.69 Å². The molecule has 2 N–H and O–H groups in total. The summed E-state index contributed by atoms with van der Waals surface area (Å²) in [6.07, 6.45) is 2.67. The molecule has 3 aromatic carbocycles. The lowest BCUT2D eigenvalue weighted by atomic mass is 10.0. The number of amides is 2.